The number of carbonyl (C=O) groups is 3. The summed E-state index contributed by atoms with van der Waals surface area (Å²) >= 11 is 0. The van der Waals surface area contributed by atoms with Crippen LogP contribution in [-0.4, -0.2) is 48.3 Å². The van der Waals surface area contributed by atoms with Gasteiger partial charge in [0.1, 0.15) is 0 Å². The minimum absolute atomic E-state index is 0.0765. The van der Waals surface area contributed by atoms with Gasteiger partial charge in [-0.25, -0.2) is 5.01 Å². The van der Waals surface area contributed by atoms with Gasteiger partial charge in [-0.3, -0.25) is 24.7 Å². The Bertz CT molecular complexity index is 371. The highest BCUT2D eigenvalue weighted by Crippen LogP contribution is 2.37. The maximum Gasteiger partial charge on any atom is 0.236 e. The average Bonchev–Trinajstić information content (AvgIpc) is 2.60. The predicted molar refractivity (Wildman–Crippen MR) is 68.6 cm³/mol. The van der Waals surface area contributed by atoms with Crippen molar-refractivity contribution in [1.82, 2.24) is 15.3 Å². The zero-order valence-corrected chi connectivity index (χ0v) is 11.5. The van der Waals surface area contributed by atoms with Gasteiger partial charge in [-0.05, 0) is 12.8 Å². The molecule has 1 aliphatic carbocycles. The predicted octanol–water partition coefficient (Wildman–Crippen LogP) is 0.144. The lowest BCUT2D eigenvalue weighted by molar-refractivity contribution is -0.140. The van der Waals surface area contributed by atoms with E-state index in [0.29, 0.717) is 0 Å². The molecule has 1 aliphatic heterocycles. The molecule has 6 heteroatoms. The van der Waals surface area contributed by atoms with Gasteiger partial charge in [0.2, 0.25) is 17.7 Å². The first-order chi connectivity index (χ1) is 9.00. The van der Waals surface area contributed by atoms with Crippen LogP contribution in [0.4, 0.5) is 0 Å². The van der Waals surface area contributed by atoms with E-state index in [1.54, 1.807) is 19.1 Å². The van der Waals surface area contributed by atoms with Crippen molar-refractivity contribution in [3.8, 4) is 0 Å². The van der Waals surface area contributed by atoms with Gasteiger partial charge in [0.25, 0.3) is 0 Å². The van der Waals surface area contributed by atoms with Crippen molar-refractivity contribution in [2.75, 3.05) is 20.6 Å². The number of nitrogens with one attached hydrogen (secondary N) is 1. The number of likely N-dealkylation sites (tertiary alicyclic amines) is 1. The minimum atomic E-state index is -0.180. The van der Waals surface area contributed by atoms with Crippen molar-refractivity contribution >= 4 is 17.7 Å². The molecule has 0 aromatic rings. The van der Waals surface area contributed by atoms with Crippen LogP contribution in [0.3, 0.4) is 0 Å². The smallest absolute Gasteiger partial charge is 0.236 e. The van der Waals surface area contributed by atoms with Crippen molar-refractivity contribution in [3.63, 3.8) is 0 Å². The number of amides is 3. The highest BCUT2D eigenvalue weighted by Gasteiger charge is 2.47. The standard InChI is InChI=1S/C13H21N3O3/c1-15(2)14-11(17)7-8-16-12(18)9-5-3-4-6-10(9)13(16)19/h9-10H,3-8H2,1-2H3,(H,14,17)/t9-,10-/m1/s1. The highest BCUT2D eigenvalue weighted by molar-refractivity contribution is 6.05. The summed E-state index contributed by atoms with van der Waals surface area (Å²) in [4.78, 5) is 37.1. The number of hydrogen-bond acceptors (Lipinski definition) is 4. The summed E-state index contributed by atoms with van der Waals surface area (Å²) in [5, 5.41) is 1.55. The van der Waals surface area contributed by atoms with E-state index in [1.807, 2.05) is 0 Å². The molecule has 2 rings (SSSR count). The largest absolute Gasteiger partial charge is 0.289 e. The molecule has 1 saturated heterocycles. The Morgan fingerprint density at radius 1 is 1.21 bits per heavy atom. The highest BCUT2D eigenvalue weighted by atomic mass is 16.2. The van der Waals surface area contributed by atoms with E-state index >= 15 is 0 Å². The summed E-state index contributed by atoms with van der Waals surface area (Å²) < 4.78 is 0. The van der Waals surface area contributed by atoms with Gasteiger partial charge in [0.15, 0.2) is 0 Å². The van der Waals surface area contributed by atoms with Crippen LogP contribution in [0, 0.1) is 11.8 Å². The second kappa shape index (κ2) is 5.69. The summed E-state index contributed by atoms with van der Waals surface area (Å²) in [6.07, 6.45) is 3.84. The molecular weight excluding hydrogens is 246 g/mol. The zero-order valence-electron chi connectivity index (χ0n) is 11.5. The molecule has 1 heterocycles. The number of hydrazine groups is 1. The Morgan fingerprint density at radius 2 is 1.74 bits per heavy atom. The maximum atomic E-state index is 12.1. The van der Waals surface area contributed by atoms with Crippen LogP contribution in [0.25, 0.3) is 0 Å². The van der Waals surface area contributed by atoms with Gasteiger partial charge >= 0.3 is 0 Å². The van der Waals surface area contributed by atoms with E-state index < -0.39 is 0 Å². The molecular formula is C13H21N3O3. The second-order valence-corrected chi connectivity index (χ2v) is 5.50. The van der Waals surface area contributed by atoms with E-state index in [0.717, 1.165) is 25.7 Å². The number of nitrogens with zero attached hydrogens (tertiary/aromatic N) is 2. The molecule has 6 nitrogen and oxygen atoms in total. The summed E-state index contributed by atoms with van der Waals surface area (Å²) in [5.41, 5.74) is 2.60. The van der Waals surface area contributed by atoms with Gasteiger partial charge in [-0.15, -0.1) is 0 Å². The minimum Gasteiger partial charge on any atom is -0.289 e. The number of hydrogen-bond donors (Lipinski definition) is 1. The number of carbonyl (C=O) groups excluding carboxylic acids is 3. The second-order valence-electron chi connectivity index (χ2n) is 5.50. The Kier molecular flexibility index (Phi) is 4.19. The zero-order chi connectivity index (χ0) is 14.0. The number of imide groups is 1. The summed E-state index contributed by atoms with van der Waals surface area (Å²) in [7, 11) is 3.44. The first-order valence-corrected chi connectivity index (χ1v) is 6.82. The molecule has 0 aromatic heterocycles. The van der Waals surface area contributed by atoms with Crippen LogP contribution in [-0.2, 0) is 14.4 Å². The molecule has 1 saturated carbocycles. The monoisotopic (exact) mass is 267 g/mol. The third-order valence-electron chi connectivity index (χ3n) is 3.84. The molecule has 2 atom stereocenters. The summed E-state index contributed by atoms with van der Waals surface area (Å²) in [5.74, 6) is -0.587. The third kappa shape index (κ3) is 2.94. The summed E-state index contributed by atoms with van der Waals surface area (Å²) in [6.45, 7) is 0.199. The van der Waals surface area contributed by atoms with Crippen LogP contribution in [0.5, 0.6) is 0 Å². The lowest BCUT2D eigenvalue weighted by Gasteiger charge is -2.19. The molecule has 0 aromatic carbocycles. The fourth-order valence-electron chi connectivity index (χ4n) is 2.97. The SMILES string of the molecule is CN(C)NC(=O)CCN1C(=O)[C@@H]2CCCC[C@H]2C1=O. The number of rotatable bonds is 4. The van der Waals surface area contributed by atoms with E-state index in [1.165, 1.54) is 4.90 Å². The Labute approximate surface area is 113 Å². The van der Waals surface area contributed by atoms with Crippen LogP contribution in [0.15, 0.2) is 0 Å². The topological polar surface area (TPSA) is 69.7 Å². The van der Waals surface area contributed by atoms with Crippen molar-refractivity contribution in [2.24, 2.45) is 11.8 Å². The van der Waals surface area contributed by atoms with Crippen LogP contribution >= 0.6 is 0 Å². The fourth-order valence-corrected chi connectivity index (χ4v) is 2.97. The molecule has 1 N–H and O–H groups in total. The van der Waals surface area contributed by atoms with Gasteiger partial charge in [0, 0.05) is 27.1 Å². The van der Waals surface area contributed by atoms with E-state index in [9.17, 15) is 14.4 Å². The van der Waals surface area contributed by atoms with Crippen LogP contribution in [0.1, 0.15) is 32.1 Å². The lowest BCUT2D eigenvalue weighted by Crippen LogP contribution is -2.39. The normalized spacial score (nSPS) is 26.8. The van der Waals surface area contributed by atoms with E-state index in [-0.39, 0.29) is 42.5 Å². The van der Waals surface area contributed by atoms with Crippen molar-refractivity contribution < 1.29 is 14.4 Å². The fraction of sp³-hybridized carbons (Fsp3) is 0.769. The van der Waals surface area contributed by atoms with Crippen LogP contribution < -0.4 is 5.43 Å². The average molecular weight is 267 g/mol. The Hall–Kier alpha value is -1.43. The van der Waals surface area contributed by atoms with Gasteiger partial charge in [-0.1, -0.05) is 12.8 Å². The number of fused-ring (bicyclic) bond motifs is 1. The van der Waals surface area contributed by atoms with Crippen molar-refractivity contribution in [1.29, 1.82) is 0 Å². The summed E-state index contributed by atoms with van der Waals surface area (Å²) in [6, 6.07) is 0. The van der Waals surface area contributed by atoms with Gasteiger partial charge in [0.05, 0.1) is 11.8 Å². The Morgan fingerprint density at radius 3 is 2.21 bits per heavy atom. The van der Waals surface area contributed by atoms with Crippen LogP contribution in [0.2, 0.25) is 0 Å². The first kappa shape index (κ1) is 14.0. The molecule has 0 spiro atoms. The molecule has 3 amide bonds. The maximum absolute atomic E-state index is 12.1. The first-order valence-electron chi connectivity index (χ1n) is 6.82. The molecule has 2 fully saturated rings. The van der Waals surface area contributed by atoms with E-state index in [2.05, 4.69) is 5.43 Å². The molecule has 0 radical (unpaired) electrons. The van der Waals surface area contributed by atoms with Gasteiger partial charge < -0.3 is 0 Å². The van der Waals surface area contributed by atoms with Crippen molar-refractivity contribution in [3.05, 3.63) is 0 Å². The molecule has 0 unspecified atom stereocenters. The third-order valence-corrected chi connectivity index (χ3v) is 3.84. The quantitative estimate of drug-likeness (QED) is 0.581. The lowest BCUT2D eigenvalue weighted by atomic mass is 9.81. The Balaban J connectivity index is 1.92. The van der Waals surface area contributed by atoms with Crippen molar-refractivity contribution in [2.45, 2.75) is 32.1 Å². The molecule has 106 valence electrons. The molecule has 2 aliphatic rings. The van der Waals surface area contributed by atoms with Gasteiger partial charge in [-0.2, -0.15) is 0 Å². The molecule has 19 heavy (non-hydrogen) atoms. The molecule has 0 bridgehead atoms. The van der Waals surface area contributed by atoms with E-state index in [4.69, 9.17) is 0 Å².